The van der Waals surface area contributed by atoms with Crippen LogP contribution in [0.1, 0.15) is 78.1 Å². The van der Waals surface area contributed by atoms with Crippen LogP contribution in [0.15, 0.2) is 55.0 Å². The number of fused-ring (bicyclic) bond motifs is 4. The van der Waals surface area contributed by atoms with Crippen LogP contribution < -0.4 is 20.9 Å². The minimum atomic E-state index is -0.963. The molecule has 2 aromatic heterocycles. The number of nitrogens with zero attached hydrogens (tertiary/aromatic N) is 6. The maximum atomic E-state index is 13.1. The topological polar surface area (TPSA) is 154 Å². The summed E-state index contributed by atoms with van der Waals surface area (Å²) in [7, 11) is 0. The molecule has 256 valence electrons. The highest BCUT2D eigenvalue weighted by Gasteiger charge is 2.44. The summed E-state index contributed by atoms with van der Waals surface area (Å²) >= 11 is 0. The number of imide groups is 2. The number of hydrogen-bond acceptors (Lipinski definition) is 10. The predicted molar refractivity (Wildman–Crippen MR) is 186 cm³/mol. The van der Waals surface area contributed by atoms with Crippen LogP contribution in [0.25, 0.3) is 22.3 Å². The lowest BCUT2D eigenvalue weighted by Crippen LogP contribution is -2.54. The van der Waals surface area contributed by atoms with Crippen molar-refractivity contribution in [3.63, 3.8) is 0 Å². The van der Waals surface area contributed by atoms with Crippen molar-refractivity contribution in [2.75, 3.05) is 29.9 Å². The van der Waals surface area contributed by atoms with Gasteiger partial charge in [0.25, 0.3) is 11.8 Å². The first-order valence-electron chi connectivity index (χ1n) is 17.8. The molecule has 9 rings (SSSR count). The van der Waals surface area contributed by atoms with Gasteiger partial charge in [-0.3, -0.25) is 39.1 Å². The highest BCUT2D eigenvalue weighted by molar-refractivity contribution is 6.23. The second-order valence-corrected chi connectivity index (χ2v) is 14.4. The molecule has 2 bridgehead atoms. The van der Waals surface area contributed by atoms with Gasteiger partial charge in [-0.25, -0.2) is 4.98 Å². The Bertz CT molecular complexity index is 2030. The number of amides is 4. The van der Waals surface area contributed by atoms with Gasteiger partial charge in [-0.1, -0.05) is 0 Å². The van der Waals surface area contributed by atoms with Crippen LogP contribution in [-0.2, 0) is 9.59 Å². The number of aromatic nitrogens is 4. The van der Waals surface area contributed by atoms with Gasteiger partial charge in [0.05, 0.1) is 46.3 Å². The molecular weight excluding hydrogens is 634 g/mol. The van der Waals surface area contributed by atoms with E-state index in [4.69, 9.17) is 15.1 Å². The predicted octanol–water partition coefficient (Wildman–Crippen LogP) is 3.68. The summed E-state index contributed by atoms with van der Waals surface area (Å²) < 4.78 is 2.07. The van der Waals surface area contributed by atoms with Crippen molar-refractivity contribution < 1.29 is 19.2 Å². The number of piperidine rings is 1. The smallest absolute Gasteiger partial charge is 0.262 e. The molecule has 3 unspecified atom stereocenters. The maximum Gasteiger partial charge on any atom is 0.262 e. The van der Waals surface area contributed by atoms with Crippen molar-refractivity contribution >= 4 is 46.0 Å². The molecule has 50 heavy (non-hydrogen) atoms. The lowest BCUT2D eigenvalue weighted by atomic mass is 9.77. The number of nitrogens with one attached hydrogen (secondary N) is 3. The molecule has 13 nitrogen and oxygen atoms in total. The first kappa shape index (κ1) is 30.9. The minimum absolute atomic E-state index is 0.0979. The summed E-state index contributed by atoms with van der Waals surface area (Å²) in [5, 5.41) is 14.0. The quantitative estimate of drug-likeness (QED) is 0.177. The molecule has 4 amide bonds. The summed E-state index contributed by atoms with van der Waals surface area (Å²) in [5.74, 6) is -1.36. The van der Waals surface area contributed by atoms with Gasteiger partial charge in [0.15, 0.2) is 0 Å². The zero-order valence-corrected chi connectivity index (χ0v) is 27.7. The zero-order chi connectivity index (χ0) is 33.9. The highest BCUT2D eigenvalue weighted by Crippen LogP contribution is 2.41. The molecule has 1 saturated carbocycles. The van der Waals surface area contributed by atoms with E-state index in [1.807, 2.05) is 12.4 Å². The zero-order valence-electron chi connectivity index (χ0n) is 27.7. The monoisotopic (exact) mass is 673 g/mol. The van der Waals surface area contributed by atoms with Gasteiger partial charge in [0, 0.05) is 61.3 Å². The lowest BCUT2D eigenvalue weighted by Gasteiger charge is -2.35. The molecule has 6 heterocycles. The largest absolute Gasteiger partial charge is 0.385 e. The third-order valence-corrected chi connectivity index (χ3v) is 11.1. The first-order valence-corrected chi connectivity index (χ1v) is 17.8. The van der Waals surface area contributed by atoms with Crippen LogP contribution in [0.4, 0.5) is 11.4 Å². The molecule has 4 aromatic rings. The van der Waals surface area contributed by atoms with Crippen molar-refractivity contribution in [2.24, 2.45) is 5.92 Å². The molecule has 0 radical (unpaired) electrons. The van der Waals surface area contributed by atoms with E-state index < -0.39 is 23.8 Å². The number of piperazine rings is 1. The number of rotatable bonds is 9. The Kier molecular flexibility index (Phi) is 7.59. The molecule has 2 aromatic carbocycles. The molecular formula is C37H39N9O4. The van der Waals surface area contributed by atoms with E-state index in [9.17, 15) is 19.2 Å². The normalized spacial score (nSPS) is 26.0. The fourth-order valence-corrected chi connectivity index (χ4v) is 8.37. The van der Waals surface area contributed by atoms with E-state index in [0.29, 0.717) is 24.0 Å². The van der Waals surface area contributed by atoms with Crippen LogP contribution >= 0.6 is 0 Å². The second-order valence-electron chi connectivity index (χ2n) is 14.4. The number of anilines is 2. The minimum Gasteiger partial charge on any atom is -0.385 e. The highest BCUT2D eigenvalue weighted by atomic mass is 16.2. The standard InChI is InChI=1S/C37H39N9O4/c47-34-10-9-33(35(48)43-34)46-36(49)28-7-5-23(14-29(28)37(46)50)38-11-1-2-21-12-27(13-21)45-18-22(16-40-45)32-17-39-30-8-6-26(15-31(30)42-32)44-19-24-3-4-25(20-44)41-24/h5-8,14-18,21,24-25,27,33,38,41H,1-4,9-13,19-20H2,(H,43,47,48)/t21-,24?,25?,27-,33?. The van der Waals surface area contributed by atoms with E-state index in [1.54, 1.807) is 18.2 Å². The van der Waals surface area contributed by atoms with Gasteiger partial charge in [-0.2, -0.15) is 5.10 Å². The fourth-order valence-electron chi connectivity index (χ4n) is 8.37. The number of carbonyl (C=O) groups excluding carboxylic acids is 4. The Hall–Kier alpha value is -5.17. The van der Waals surface area contributed by atoms with E-state index in [-0.39, 0.29) is 29.9 Å². The molecule has 3 atom stereocenters. The summed E-state index contributed by atoms with van der Waals surface area (Å²) in [6, 6.07) is 12.1. The van der Waals surface area contributed by atoms with Crippen molar-refractivity contribution in [1.29, 1.82) is 0 Å². The van der Waals surface area contributed by atoms with Crippen molar-refractivity contribution in [3.8, 4) is 11.3 Å². The van der Waals surface area contributed by atoms with Crippen molar-refractivity contribution in [2.45, 2.75) is 75.5 Å². The van der Waals surface area contributed by atoms with Gasteiger partial charge in [0.1, 0.15) is 6.04 Å². The average molecular weight is 674 g/mol. The Morgan fingerprint density at radius 1 is 0.880 bits per heavy atom. The third-order valence-electron chi connectivity index (χ3n) is 11.1. The Morgan fingerprint density at radius 2 is 1.70 bits per heavy atom. The molecule has 4 fully saturated rings. The van der Waals surface area contributed by atoms with Crippen molar-refractivity contribution in [3.05, 3.63) is 66.1 Å². The van der Waals surface area contributed by atoms with E-state index in [2.05, 4.69) is 49.9 Å². The second kappa shape index (κ2) is 12.3. The van der Waals surface area contributed by atoms with Crippen LogP contribution in [0.5, 0.6) is 0 Å². The average Bonchev–Trinajstić information content (AvgIpc) is 3.79. The van der Waals surface area contributed by atoms with Gasteiger partial charge in [-0.05, 0) is 87.3 Å². The SMILES string of the molecule is O=C1CCC(N2C(=O)c3ccc(NCCC[C@H]4C[C@H](n5cc(-c6cnc7ccc(N8CC9CCC(C8)N9)cc7n6)cn5)C4)cc3C2=O)C(=O)N1. The van der Waals surface area contributed by atoms with Crippen LogP contribution in [-0.4, -0.2) is 86.0 Å². The van der Waals surface area contributed by atoms with E-state index in [0.717, 1.165) is 78.2 Å². The number of hydrogen-bond donors (Lipinski definition) is 3. The molecule has 4 aliphatic heterocycles. The van der Waals surface area contributed by atoms with Gasteiger partial charge in [0.2, 0.25) is 11.8 Å². The Labute approximate surface area is 288 Å². The van der Waals surface area contributed by atoms with Gasteiger partial charge < -0.3 is 15.5 Å². The summed E-state index contributed by atoms with van der Waals surface area (Å²) in [6.07, 6.45) is 12.8. The van der Waals surface area contributed by atoms with Gasteiger partial charge in [-0.15, -0.1) is 0 Å². The maximum absolute atomic E-state index is 13.1. The number of benzene rings is 2. The van der Waals surface area contributed by atoms with E-state index >= 15 is 0 Å². The molecule has 13 heteroatoms. The lowest BCUT2D eigenvalue weighted by molar-refractivity contribution is -0.136. The first-order chi connectivity index (χ1) is 24.4. The van der Waals surface area contributed by atoms with Crippen LogP contribution in [0.3, 0.4) is 0 Å². The Balaban J connectivity index is 0.762. The molecule has 5 aliphatic rings. The fraction of sp³-hybridized carbons (Fsp3) is 0.432. The molecule has 3 N–H and O–H groups in total. The Morgan fingerprint density at radius 3 is 2.52 bits per heavy atom. The van der Waals surface area contributed by atoms with Crippen LogP contribution in [0, 0.1) is 5.92 Å². The third kappa shape index (κ3) is 5.59. The molecule has 1 aliphatic carbocycles. The summed E-state index contributed by atoms with van der Waals surface area (Å²) in [4.78, 5) is 63.1. The molecule has 0 spiro atoms. The molecule has 3 saturated heterocycles. The summed E-state index contributed by atoms with van der Waals surface area (Å²) in [5.41, 5.74) is 6.16. The number of carbonyl (C=O) groups is 4. The van der Waals surface area contributed by atoms with Crippen LogP contribution in [0.2, 0.25) is 0 Å². The van der Waals surface area contributed by atoms with E-state index in [1.165, 1.54) is 18.5 Å². The summed E-state index contributed by atoms with van der Waals surface area (Å²) in [6.45, 7) is 2.81. The van der Waals surface area contributed by atoms with Gasteiger partial charge >= 0.3 is 0 Å². The van der Waals surface area contributed by atoms with Crippen molar-refractivity contribution in [1.82, 2.24) is 35.3 Å².